The first-order chi connectivity index (χ1) is 15.5. The molecule has 32 heavy (non-hydrogen) atoms. The minimum atomic E-state index is -1.56. The predicted molar refractivity (Wildman–Crippen MR) is 124 cm³/mol. The molecule has 2 aromatic carbocycles. The number of benzene rings is 2. The summed E-state index contributed by atoms with van der Waals surface area (Å²) in [5, 5.41) is 13.6. The third-order valence-corrected chi connectivity index (χ3v) is 7.30. The van der Waals surface area contributed by atoms with Crippen molar-refractivity contribution in [3.05, 3.63) is 36.4 Å². The van der Waals surface area contributed by atoms with E-state index in [0.29, 0.717) is 17.7 Å². The lowest BCUT2D eigenvalue weighted by Crippen LogP contribution is -2.44. The fourth-order valence-corrected chi connectivity index (χ4v) is 4.88. The largest absolute Gasteiger partial charge is 0.593 e. The summed E-state index contributed by atoms with van der Waals surface area (Å²) < 4.78 is 21.5. The number of carbonyl (C=O) groups excluding carboxylic acids is 1. The molecule has 1 amide bonds. The van der Waals surface area contributed by atoms with Crippen molar-refractivity contribution >= 4 is 44.9 Å². The molecule has 1 saturated heterocycles. The maximum Gasteiger partial charge on any atom is 0.239 e. The predicted octanol–water partition coefficient (Wildman–Crippen LogP) is 2.12. The van der Waals surface area contributed by atoms with Gasteiger partial charge in [-0.2, -0.15) is 5.26 Å². The summed E-state index contributed by atoms with van der Waals surface area (Å²) >= 11 is -1.56. The van der Waals surface area contributed by atoms with Crippen molar-refractivity contribution < 1.29 is 13.8 Å². The number of rotatable bonds is 6. The monoisotopic (exact) mass is 451 g/mol. The van der Waals surface area contributed by atoms with E-state index < -0.39 is 16.9 Å². The second-order valence-electron chi connectivity index (χ2n) is 8.56. The number of likely N-dealkylation sites (N-methyl/N-ethyl adjacent to an activating group) is 1. The highest BCUT2D eigenvalue weighted by Crippen LogP contribution is 2.34. The highest BCUT2D eigenvalue weighted by Gasteiger charge is 2.44. The van der Waals surface area contributed by atoms with Crippen LogP contribution >= 0.6 is 0 Å². The van der Waals surface area contributed by atoms with Gasteiger partial charge in [0.1, 0.15) is 23.2 Å². The van der Waals surface area contributed by atoms with Gasteiger partial charge in [-0.05, 0) is 44.2 Å². The number of amides is 1. The van der Waals surface area contributed by atoms with Crippen molar-refractivity contribution in [1.29, 1.82) is 5.26 Å². The van der Waals surface area contributed by atoms with Crippen LogP contribution in [0.1, 0.15) is 12.8 Å². The molecule has 8 nitrogen and oxygen atoms in total. The minimum Gasteiger partial charge on any atom is -0.593 e. The van der Waals surface area contributed by atoms with Crippen LogP contribution in [0.4, 0.5) is 5.69 Å². The van der Waals surface area contributed by atoms with Crippen LogP contribution in [0, 0.1) is 11.3 Å². The van der Waals surface area contributed by atoms with Crippen LogP contribution in [0.2, 0.25) is 0 Å². The van der Waals surface area contributed by atoms with E-state index in [-0.39, 0.29) is 12.5 Å². The molecule has 3 aromatic rings. The molecular formula is C23H25N5O3S. The molecule has 0 spiro atoms. The zero-order chi connectivity index (χ0) is 22.3. The normalized spacial score (nSPS) is 19.1. The summed E-state index contributed by atoms with van der Waals surface area (Å²) in [4.78, 5) is 17.3. The fraction of sp³-hybridized carbons (Fsp3) is 0.391. The Labute approximate surface area is 189 Å². The van der Waals surface area contributed by atoms with Crippen LogP contribution in [0.3, 0.4) is 0 Å². The summed E-state index contributed by atoms with van der Waals surface area (Å²) in [6.07, 6.45) is 1.33. The van der Waals surface area contributed by atoms with Gasteiger partial charge in [0.2, 0.25) is 5.91 Å². The molecule has 1 aliphatic carbocycles. The molecule has 9 heteroatoms. The molecule has 1 aliphatic heterocycles. The van der Waals surface area contributed by atoms with Gasteiger partial charge in [-0.25, -0.2) is 0 Å². The lowest BCUT2D eigenvalue weighted by Gasteiger charge is -2.34. The summed E-state index contributed by atoms with van der Waals surface area (Å²) in [5.41, 5.74) is 1.96. The molecule has 5 rings (SSSR count). The highest BCUT2D eigenvalue weighted by molar-refractivity contribution is 7.89. The van der Waals surface area contributed by atoms with Gasteiger partial charge < -0.3 is 24.1 Å². The van der Waals surface area contributed by atoms with Gasteiger partial charge in [-0.15, -0.1) is 4.72 Å². The van der Waals surface area contributed by atoms with E-state index in [9.17, 15) is 9.35 Å². The number of nitriles is 1. The maximum absolute atomic E-state index is 12.7. The lowest BCUT2D eigenvalue weighted by atomic mass is 10.1. The molecule has 2 N–H and O–H groups in total. The third-order valence-electron chi connectivity index (χ3n) is 6.22. The van der Waals surface area contributed by atoms with E-state index in [0.717, 1.165) is 53.8 Å². The molecule has 1 atom stereocenters. The molecule has 0 bridgehead atoms. The zero-order valence-corrected chi connectivity index (χ0v) is 18.7. The second-order valence-corrected chi connectivity index (χ2v) is 9.86. The molecule has 1 saturated carbocycles. The average Bonchev–Trinajstić information content (AvgIpc) is 3.48. The molecule has 2 heterocycles. The molecular weight excluding hydrogens is 426 g/mol. The summed E-state index contributed by atoms with van der Waals surface area (Å²) in [7, 11) is 2.14. The number of hydrogen-bond donors (Lipinski definition) is 2. The van der Waals surface area contributed by atoms with Gasteiger partial charge in [0.15, 0.2) is 4.90 Å². The Morgan fingerprint density at radius 1 is 1.16 bits per heavy atom. The van der Waals surface area contributed by atoms with Crippen molar-refractivity contribution in [2.24, 2.45) is 0 Å². The van der Waals surface area contributed by atoms with Gasteiger partial charge >= 0.3 is 0 Å². The quantitative estimate of drug-likeness (QED) is 0.553. The Morgan fingerprint density at radius 2 is 1.94 bits per heavy atom. The van der Waals surface area contributed by atoms with Crippen molar-refractivity contribution in [2.45, 2.75) is 23.3 Å². The number of furan rings is 1. The topological polar surface area (TPSA) is 108 Å². The number of piperazine rings is 1. The number of carbonyl (C=O) groups is 1. The SMILES string of the molecule is CN1CCN(c2ccc3c(c2)oc2ccc([S+]([O-])NCC(=O)NC4(C#N)CC4)cc23)CC1. The Kier molecular flexibility index (Phi) is 5.47. The zero-order valence-electron chi connectivity index (χ0n) is 17.9. The number of hydrogen-bond acceptors (Lipinski definition) is 7. The van der Waals surface area contributed by atoms with Crippen LogP contribution in [0.25, 0.3) is 21.9 Å². The molecule has 0 radical (unpaired) electrons. The Bertz CT molecular complexity index is 1210. The second kappa shape index (κ2) is 8.30. The Morgan fingerprint density at radius 3 is 2.66 bits per heavy atom. The van der Waals surface area contributed by atoms with Crippen molar-refractivity contribution in [2.75, 3.05) is 44.7 Å². The lowest BCUT2D eigenvalue weighted by molar-refractivity contribution is -0.120. The molecule has 1 unspecified atom stereocenters. The van der Waals surface area contributed by atoms with E-state index in [1.54, 1.807) is 6.07 Å². The van der Waals surface area contributed by atoms with E-state index in [1.165, 1.54) is 0 Å². The van der Waals surface area contributed by atoms with Crippen molar-refractivity contribution in [3.8, 4) is 6.07 Å². The van der Waals surface area contributed by atoms with Gasteiger partial charge in [0.25, 0.3) is 0 Å². The van der Waals surface area contributed by atoms with Crippen LogP contribution in [0.15, 0.2) is 45.7 Å². The first-order valence-corrected chi connectivity index (χ1v) is 11.9. The minimum absolute atomic E-state index is 0.116. The van der Waals surface area contributed by atoms with Crippen molar-refractivity contribution in [3.63, 3.8) is 0 Å². The van der Waals surface area contributed by atoms with E-state index in [2.05, 4.69) is 51.2 Å². The standard InChI is InChI=1S/C23H25N5O3S/c1-27-8-10-28(11-9-27)16-2-4-18-19-13-17(3-5-20(19)31-21(18)12-16)32(30)25-14-22(29)26-23(15-24)6-7-23/h2-5,12-13,25H,6-11,14H2,1H3,(H,26,29). The summed E-state index contributed by atoms with van der Waals surface area (Å²) in [6.45, 7) is 3.93. The summed E-state index contributed by atoms with van der Waals surface area (Å²) in [6, 6.07) is 13.7. The van der Waals surface area contributed by atoms with Crippen LogP contribution in [-0.2, 0) is 16.2 Å². The van der Waals surface area contributed by atoms with Crippen LogP contribution in [-0.4, -0.2) is 60.7 Å². The third kappa shape index (κ3) is 4.14. The maximum atomic E-state index is 12.7. The molecule has 2 aliphatic rings. The Hall–Kier alpha value is -2.77. The van der Waals surface area contributed by atoms with Gasteiger partial charge in [-0.3, -0.25) is 4.79 Å². The Balaban J connectivity index is 1.31. The number of nitrogens with zero attached hydrogens (tertiary/aromatic N) is 3. The van der Waals surface area contributed by atoms with Crippen LogP contribution in [0.5, 0.6) is 0 Å². The first kappa shape index (κ1) is 21.1. The van der Waals surface area contributed by atoms with Gasteiger partial charge in [-0.1, -0.05) is 0 Å². The average molecular weight is 452 g/mol. The summed E-state index contributed by atoms with van der Waals surface area (Å²) in [5.74, 6) is -0.330. The van der Waals surface area contributed by atoms with E-state index in [1.807, 2.05) is 12.1 Å². The van der Waals surface area contributed by atoms with E-state index in [4.69, 9.17) is 9.68 Å². The number of anilines is 1. The molecule has 1 aromatic heterocycles. The molecule has 166 valence electrons. The fourth-order valence-electron chi connectivity index (χ4n) is 4.04. The number of nitrogens with one attached hydrogen (secondary N) is 2. The van der Waals surface area contributed by atoms with Gasteiger partial charge in [0.05, 0.1) is 17.4 Å². The smallest absolute Gasteiger partial charge is 0.239 e. The number of fused-ring (bicyclic) bond motifs is 3. The van der Waals surface area contributed by atoms with Crippen LogP contribution < -0.4 is 14.9 Å². The van der Waals surface area contributed by atoms with Crippen molar-refractivity contribution in [1.82, 2.24) is 14.9 Å². The van der Waals surface area contributed by atoms with Gasteiger partial charge in [0, 0.05) is 54.8 Å². The molecule has 2 fully saturated rings. The highest BCUT2D eigenvalue weighted by atomic mass is 32.2. The van der Waals surface area contributed by atoms with E-state index >= 15 is 0 Å². The first-order valence-electron chi connectivity index (χ1n) is 10.7.